The van der Waals surface area contributed by atoms with Crippen molar-refractivity contribution in [3.63, 3.8) is 0 Å². The van der Waals surface area contributed by atoms with Gasteiger partial charge in [0, 0.05) is 5.56 Å². The predicted molar refractivity (Wildman–Crippen MR) is 91.8 cm³/mol. The zero-order chi connectivity index (χ0) is 15.5. The third kappa shape index (κ3) is 3.17. The zero-order valence-corrected chi connectivity index (χ0v) is 13.6. The Morgan fingerprint density at radius 2 is 1.95 bits per heavy atom. The van der Waals surface area contributed by atoms with Gasteiger partial charge < -0.3 is 4.42 Å². The summed E-state index contributed by atoms with van der Waals surface area (Å²) in [4.78, 5) is 12.6. The number of hydrogen-bond donors (Lipinski definition) is 0. The van der Waals surface area contributed by atoms with Crippen molar-refractivity contribution in [3.8, 4) is 11.3 Å². The predicted octanol–water partition coefficient (Wildman–Crippen LogP) is 6.21. The number of hydrogen-bond acceptors (Lipinski definition) is 3. The lowest BCUT2D eigenvalue weighted by Gasteiger charge is -2.01. The lowest BCUT2D eigenvalue weighted by atomic mass is 10.2. The topological polar surface area (TPSA) is 30.2 Å². The molecular formula is C17H10Cl2O2S. The molecular weight excluding hydrogens is 339 g/mol. The number of carbonyl (C=O) groups is 1. The highest BCUT2D eigenvalue weighted by molar-refractivity contribution is 7.12. The van der Waals surface area contributed by atoms with E-state index in [1.165, 1.54) is 17.4 Å². The summed E-state index contributed by atoms with van der Waals surface area (Å²) in [6, 6.07) is 12.6. The number of carbonyl (C=O) groups excluding carboxylic acids is 1. The van der Waals surface area contributed by atoms with Crippen molar-refractivity contribution in [1.82, 2.24) is 0 Å². The van der Waals surface area contributed by atoms with E-state index >= 15 is 0 Å². The van der Waals surface area contributed by atoms with Crippen molar-refractivity contribution in [2.75, 3.05) is 0 Å². The Balaban J connectivity index is 1.82. The molecule has 1 aromatic carbocycles. The number of halogens is 2. The van der Waals surface area contributed by atoms with Crippen LogP contribution in [0.5, 0.6) is 0 Å². The third-order valence-electron chi connectivity index (χ3n) is 3.01. The number of rotatable bonds is 4. The second-order valence-corrected chi connectivity index (χ2v) is 6.21. The average Bonchev–Trinajstić information content (AvgIpc) is 3.19. The molecule has 0 saturated carbocycles. The maximum atomic E-state index is 11.9. The molecule has 5 heteroatoms. The van der Waals surface area contributed by atoms with Gasteiger partial charge in [0.05, 0.1) is 14.9 Å². The minimum absolute atomic E-state index is 0.0475. The van der Waals surface area contributed by atoms with E-state index in [1.54, 1.807) is 30.3 Å². The van der Waals surface area contributed by atoms with Gasteiger partial charge >= 0.3 is 0 Å². The number of allylic oxidation sites excluding steroid dienone is 1. The summed E-state index contributed by atoms with van der Waals surface area (Å²) in [5.41, 5.74) is 0.721. The van der Waals surface area contributed by atoms with E-state index in [-0.39, 0.29) is 5.78 Å². The Hall–Kier alpha value is -1.81. The molecule has 2 nitrogen and oxygen atoms in total. The van der Waals surface area contributed by atoms with Crippen molar-refractivity contribution < 1.29 is 9.21 Å². The lowest BCUT2D eigenvalue weighted by molar-refractivity contribution is 0.105. The fourth-order valence-corrected chi connectivity index (χ4v) is 2.98. The Labute approximate surface area is 141 Å². The van der Waals surface area contributed by atoms with Gasteiger partial charge in [0.1, 0.15) is 11.5 Å². The molecule has 0 amide bonds. The van der Waals surface area contributed by atoms with Crippen LogP contribution in [0.1, 0.15) is 15.4 Å². The van der Waals surface area contributed by atoms with E-state index in [2.05, 4.69) is 0 Å². The molecule has 3 aromatic rings. The van der Waals surface area contributed by atoms with Gasteiger partial charge in [0.15, 0.2) is 5.78 Å². The van der Waals surface area contributed by atoms with Crippen molar-refractivity contribution in [1.29, 1.82) is 0 Å². The summed E-state index contributed by atoms with van der Waals surface area (Å²) < 4.78 is 5.69. The normalized spacial score (nSPS) is 11.2. The van der Waals surface area contributed by atoms with Gasteiger partial charge in [-0.25, -0.2) is 0 Å². The number of benzene rings is 1. The Kier molecular flexibility index (Phi) is 4.48. The number of furan rings is 1. The van der Waals surface area contributed by atoms with Crippen LogP contribution >= 0.6 is 34.5 Å². The molecule has 0 radical (unpaired) electrons. The van der Waals surface area contributed by atoms with E-state index in [0.717, 1.165) is 5.56 Å². The van der Waals surface area contributed by atoms with Crippen molar-refractivity contribution in [2.24, 2.45) is 0 Å². The van der Waals surface area contributed by atoms with Crippen LogP contribution in [-0.4, -0.2) is 5.78 Å². The van der Waals surface area contributed by atoms with Gasteiger partial charge in [-0.1, -0.05) is 35.3 Å². The van der Waals surface area contributed by atoms with E-state index in [0.29, 0.717) is 26.4 Å². The summed E-state index contributed by atoms with van der Waals surface area (Å²) in [6.45, 7) is 0. The first kappa shape index (κ1) is 15.1. The fourth-order valence-electron chi connectivity index (χ4n) is 1.94. The lowest BCUT2D eigenvalue weighted by Crippen LogP contribution is -1.88. The molecule has 0 N–H and O–H groups in total. The van der Waals surface area contributed by atoms with Gasteiger partial charge in [0.2, 0.25) is 0 Å². The maximum Gasteiger partial charge on any atom is 0.195 e. The SMILES string of the molecule is O=C(/C=C/c1ccc(-c2cccc(Cl)c2Cl)o1)c1cccs1. The molecule has 2 heterocycles. The van der Waals surface area contributed by atoms with Crippen molar-refractivity contribution >= 4 is 46.4 Å². The molecule has 0 aliphatic heterocycles. The Morgan fingerprint density at radius 1 is 1.09 bits per heavy atom. The highest BCUT2D eigenvalue weighted by Crippen LogP contribution is 2.34. The van der Waals surface area contributed by atoms with Crippen molar-refractivity contribution in [2.45, 2.75) is 0 Å². The standard InChI is InChI=1S/C17H10Cl2O2S/c18-13-4-1-3-12(17(13)19)15-9-7-11(21-15)6-8-14(20)16-5-2-10-22-16/h1-10H/b8-6+. The van der Waals surface area contributed by atoms with Crippen LogP contribution in [0.15, 0.2) is 58.3 Å². The quantitative estimate of drug-likeness (QED) is 0.414. The maximum absolute atomic E-state index is 11.9. The summed E-state index contributed by atoms with van der Waals surface area (Å²) in [7, 11) is 0. The number of ketones is 1. The molecule has 0 fully saturated rings. The summed E-state index contributed by atoms with van der Waals surface area (Å²) in [5, 5.41) is 2.79. The van der Waals surface area contributed by atoms with Gasteiger partial charge in [-0.2, -0.15) is 0 Å². The minimum atomic E-state index is -0.0475. The molecule has 2 aromatic heterocycles. The molecule has 0 aliphatic rings. The molecule has 3 rings (SSSR count). The fraction of sp³-hybridized carbons (Fsp3) is 0. The van der Waals surface area contributed by atoms with Crippen LogP contribution in [-0.2, 0) is 0 Å². The number of thiophene rings is 1. The Morgan fingerprint density at radius 3 is 2.73 bits per heavy atom. The van der Waals surface area contributed by atoms with Crippen LogP contribution < -0.4 is 0 Å². The molecule has 0 aliphatic carbocycles. The largest absolute Gasteiger partial charge is 0.457 e. The van der Waals surface area contributed by atoms with Crippen molar-refractivity contribution in [3.05, 3.63) is 74.6 Å². The zero-order valence-electron chi connectivity index (χ0n) is 11.3. The van der Waals surface area contributed by atoms with E-state index in [4.69, 9.17) is 27.6 Å². The first-order valence-corrected chi connectivity index (χ1v) is 8.09. The molecule has 0 spiro atoms. The average molecular weight is 349 g/mol. The summed E-state index contributed by atoms with van der Waals surface area (Å²) in [5.74, 6) is 1.14. The minimum Gasteiger partial charge on any atom is -0.457 e. The van der Waals surface area contributed by atoms with Crippen LogP contribution in [0.4, 0.5) is 0 Å². The second kappa shape index (κ2) is 6.53. The third-order valence-corrected chi connectivity index (χ3v) is 4.71. The van der Waals surface area contributed by atoms with Gasteiger partial charge in [-0.15, -0.1) is 11.3 Å². The van der Waals surface area contributed by atoms with Crippen LogP contribution in [0.25, 0.3) is 17.4 Å². The van der Waals surface area contributed by atoms with E-state index in [9.17, 15) is 4.79 Å². The van der Waals surface area contributed by atoms with Crippen LogP contribution in [0.3, 0.4) is 0 Å². The molecule has 110 valence electrons. The van der Waals surface area contributed by atoms with Gasteiger partial charge in [-0.3, -0.25) is 4.79 Å². The second-order valence-electron chi connectivity index (χ2n) is 4.48. The Bertz CT molecular complexity index is 832. The van der Waals surface area contributed by atoms with E-state index < -0.39 is 0 Å². The molecule has 0 atom stereocenters. The van der Waals surface area contributed by atoms with Gasteiger partial charge in [0.25, 0.3) is 0 Å². The summed E-state index contributed by atoms with van der Waals surface area (Å²) >= 11 is 13.6. The van der Waals surface area contributed by atoms with Crippen LogP contribution in [0, 0.1) is 0 Å². The molecule has 0 bridgehead atoms. The first-order chi connectivity index (χ1) is 10.6. The van der Waals surface area contributed by atoms with Gasteiger partial charge in [-0.05, 0) is 47.9 Å². The monoisotopic (exact) mass is 348 g/mol. The molecule has 0 saturated heterocycles. The highest BCUT2D eigenvalue weighted by Gasteiger charge is 2.10. The van der Waals surface area contributed by atoms with E-state index in [1.807, 2.05) is 23.6 Å². The summed E-state index contributed by atoms with van der Waals surface area (Å²) in [6.07, 6.45) is 3.14. The van der Waals surface area contributed by atoms with Crippen LogP contribution in [0.2, 0.25) is 10.0 Å². The molecule has 0 unspecified atom stereocenters. The first-order valence-electron chi connectivity index (χ1n) is 6.45. The smallest absolute Gasteiger partial charge is 0.195 e. The molecule has 22 heavy (non-hydrogen) atoms. The highest BCUT2D eigenvalue weighted by atomic mass is 35.5.